The van der Waals surface area contributed by atoms with Crippen LogP contribution in [0.25, 0.3) is 0 Å². The average molecular weight is 212 g/mol. The first kappa shape index (κ1) is 12.0. The zero-order valence-corrected chi connectivity index (χ0v) is 9.00. The predicted molar refractivity (Wildman–Crippen MR) is 52.6 cm³/mol. The van der Waals surface area contributed by atoms with Crippen LogP contribution in [0.15, 0.2) is 0 Å². The number of hydrogen-bond acceptors (Lipinski definition) is 1. The zero-order chi connectivity index (χ0) is 9.61. The molecule has 0 aliphatic rings. The lowest BCUT2D eigenvalue weighted by atomic mass is 10.2. The molecule has 0 saturated heterocycles. The van der Waals surface area contributed by atoms with E-state index in [4.69, 9.17) is 23.2 Å². The fraction of sp³-hybridized carbons (Fsp3) is 0.875. The van der Waals surface area contributed by atoms with Gasteiger partial charge < -0.3 is 5.32 Å². The second kappa shape index (κ2) is 5.65. The molecular formula is C8H15Cl2NO. The maximum Gasteiger partial charge on any atom is 0.256 e. The summed E-state index contributed by atoms with van der Waals surface area (Å²) < 4.78 is -1.25. The Kier molecular flexibility index (Phi) is 5.68. The van der Waals surface area contributed by atoms with Crippen LogP contribution >= 0.6 is 23.2 Å². The third kappa shape index (κ3) is 4.17. The summed E-state index contributed by atoms with van der Waals surface area (Å²) in [6, 6.07) is 0. The quantitative estimate of drug-likeness (QED) is 0.697. The van der Waals surface area contributed by atoms with Crippen molar-refractivity contribution in [3.05, 3.63) is 0 Å². The van der Waals surface area contributed by atoms with E-state index in [9.17, 15) is 4.79 Å². The highest BCUT2D eigenvalue weighted by atomic mass is 35.5. The van der Waals surface area contributed by atoms with Crippen molar-refractivity contribution in [2.45, 2.75) is 37.4 Å². The Bertz CT molecular complexity index is 148. The Morgan fingerprint density at radius 3 is 2.33 bits per heavy atom. The smallest absolute Gasteiger partial charge is 0.256 e. The highest BCUT2D eigenvalue weighted by Gasteiger charge is 2.31. The van der Waals surface area contributed by atoms with Crippen molar-refractivity contribution in [1.82, 2.24) is 5.32 Å². The van der Waals surface area contributed by atoms with Crippen LogP contribution in [0.4, 0.5) is 0 Å². The number of rotatable bonds is 5. The zero-order valence-electron chi connectivity index (χ0n) is 7.49. The van der Waals surface area contributed by atoms with Gasteiger partial charge in [-0.05, 0) is 12.8 Å². The highest BCUT2D eigenvalue weighted by molar-refractivity contribution is 6.58. The van der Waals surface area contributed by atoms with E-state index in [-0.39, 0.29) is 5.91 Å². The third-order valence-electron chi connectivity index (χ3n) is 1.43. The molecule has 0 fully saturated rings. The largest absolute Gasteiger partial charge is 0.354 e. The molecule has 0 aliphatic heterocycles. The number of halogens is 2. The van der Waals surface area contributed by atoms with Crippen molar-refractivity contribution in [1.29, 1.82) is 0 Å². The van der Waals surface area contributed by atoms with Gasteiger partial charge in [-0.15, -0.1) is 0 Å². The van der Waals surface area contributed by atoms with Crippen molar-refractivity contribution in [2.75, 3.05) is 6.54 Å². The fourth-order valence-corrected chi connectivity index (χ4v) is 1.31. The van der Waals surface area contributed by atoms with Crippen molar-refractivity contribution in [3.63, 3.8) is 0 Å². The maximum absolute atomic E-state index is 11.2. The van der Waals surface area contributed by atoms with Gasteiger partial charge in [0.1, 0.15) is 0 Å². The Hall–Kier alpha value is 0.0500. The molecule has 0 spiro atoms. The molecule has 0 aromatic carbocycles. The van der Waals surface area contributed by atoms with Crippen LogP contribution in [0.5, 0.6) is 0 Å². The number of hydrogen-bond donors (Lipinski definition) is 1. The Labute approximate surface area is 83.6 Å². The lowest BCUT2D eigenvalue weighted by Gasteiger charge is -2.17. The summed E-state index contributed by atoms with van der Waals surface area (Å²) >= 11 is 11.6. The molecule has 72 valence electrons. The third-order valence-corrected chi connectivity index (χ3v) is 2.15. The maximum atomic E-state index is 11.2. The van der Waals surface area contributed by atoms with Crippen LogP contribution in [-0.2, 0) is 4.79 Å². The van der Waals surface area contributed by atoms with E-state index in [1.54, 1.807) is 0 Å². The fourth-order valence-electron chi connectivity index (χ4n) is 0.795. The first-order chi connectivity index (χ1) is 5.54. The first-order valence-electron chi connectivity index (χ1n) is 4.20. The van der Waals surface area contributed by atoms with Crippen molar-refractivity contribution >= 4 is 29.1 Å². The molecule has 0 saturated carbocycles. The van der Waals surface area contributed by atoms with Crippen LogP contribution in [0.3, 0.4) is 0 Å². The number of carbonyl (C=O) groups excluding carboxylic acids is 1. The van der Waals surface area contributed by atoms with Gasteiger partial charge in [0, 0.05) is 6.54 Å². The molecule has 0 unspecified atom stereocenters. The molecule has 2 nitrogen and oxygen atoms in total. The second-order valence-electron chi connectivity index (χ2n) is 2.71. The summed E-state index contributed by atoms with van der Waals surface area (Å²) in [6.45, 7) is 4.54. The van der Waals surface area contributed by atoms with Crippen molar-refractivity contribution in [2.24, 2.45) is 0 Å². The van der Waals surface area contributed by atoms with Crippen molar-refractivity contribution < 1.29 is 4.79 Å². The molecule has 1 N–H and O–H groups in total. The number of nitrogens with one attached hydrogen (secondary N) is 1. The molecule has 1 amide bonds. The van der Waals surface area contributed by atoms with E-state index >= 15 is 0 Å². The average Bonchev–Trinajstić information content (AvgIpc) is 2.00. The molecule has 0 atom stereocenters. The Morgan fingerprint density at radius 2 is 1.92 bits per heavy atom. The van der Waals surface area contributed by atoms with Crippen LogP contribution < -0.4 is 5.32 Å². The SMILES string of the molecule is CCCNC(=O)C(Cl)(Cl)CCC. The van der Waals surface area contributed by atoms with E-state index in [1.165, 1.54) is 0 Å². The highest BCUT2D eigenvalue weighted by Crippen LogP contribution is 2.26. The molecule has 0 bridgehead atoms. The van der Waals surface area contributed by atoms with Crippen LogP contribution in [0, 0.1) is 0 Å². The predicted octanol–water partition coefficient (Wildman–Crippen LogP) is 2.49. The van der Waals surface area contributed by atoms with Crippen molar-refractivity contribution in [3.8, 4) is 0 Å². The van der Waals surface area contributed by atoms with Crippen LogP contribution in [0.2, 0.25) is 0 Å². The van der Waals surface area contributed by atoms with Crippen LogP contribution in [0.1, 0.15) is 33.1 Å². The Balaban J connectivity index is 3.88. The molecule has 0 aromatic heterocycles. The minimum Gasteiger partial charge on any atom is -0.354 e. The minimum atomic E-state index is -1.25. The second-order valence-corrected chi connectivity index (χ2v) is 4.19. The van der Waals surface area contributed by atoms with Gasteiger partial charge in [0.2, 0.25) is 0 Å². The topological polar surface area (TPSA) is 29.1 Å². The first-order valence-corrected chi connectivity index (χ1v) is 4.96. The lowest BCUT2D eigenvalue weighted by molar-refractivity contribution is -0.121. The van der Waals surface area contributed by atoms with Gasteiger partial charge in [-0.25, -0.2) is 0 Å². The molecule has 0 aliphatic carbocycles. The summed E-state index contributed by atoms with van der Waals surface area (Å²) in [5.41, 5.74) is 0. The summed E-state index contributed by atoms with van der Waals surface area (Å²) in [6.07, 6.45) is 2.18. The minimum absolute atomic E-state index is 0.283. The van der Waals surface area contributed by atoms with E-state index < -0.39 is 4.33 Å². The summed E-state index contributed by atoms with van der Waals surface area (Å²) in [4.78, 5) is 11.2. The molecule has 0 radical (unpaired) electrons. The number of alkyl halides is 2. The van der Waals surface area contributed by atoms with Crippen LogP contribution in [-0.4, -0.2) is 16.8 Å². The summed E-state index contributed by atoms with van der Waals surface area (Å²) in [5, 5.41) is 2.65. The molecule has 0 aromatic rings. The van der Waals surface area contributed by atoms with Gasteiger partial charge in [-0.2, -0.15) is 0 Å². The number of carbonyl (C=O) groups is 1. The van der Waals surface area contributed by atoms with Gasteiger partial charge in [-0.1, -0.05) is 43.5 Å². The Morgan fingerprint density at radius 1 is 1.33 bits per heavy atom. The van der Waals surface area contributed by atoms with Gasteiger partial charge >= 0.3 is 0 Å². The monoisotopic (exact) mass is 211 g/mol. The molecule has 0 rings (SSSR count). The van der Waals surface area contributed by atoms with Gasteiger partial charge in [0.15, 0.2) is 4.33 Å². The van der Waals surface area contributed by atoms with E-state index in [0.717, 1.165) is 12.8 Å². The van der Waals surface area contributed by atoms with E-state index in [2.05, 4.69) is 5.32 Å². The van der Waals surface area contributed by atoms with E-state index in [0.29, 0.717) is 13.0 Å². The van der Waals surface area contributed by atoms with Gasteiger partial charge in [-0.3, -0.25) is 4.79 Å². The molecule has 0 heterocycles. The van der Waals surface area contributed by atoms with Gasteiger partial charge in [0.25, 0.3) is 5.91 Å². The summed E-state index contributed by atoms with van der Waals surface area (Å²) in [5.74, 6) is -0.283. The van der Waals surface area contributed by atoms with E-state index in [1.807, 2.05) is 13.8 Å². The summed E-state index contributed by atoms with van der Waals surface area (Å²) in [7, 11) is 0. The standard InChI is InChI=1S/C8H15Cl2NO/c1-3-5-8(9,10)7(12)11-6-4-2/h3-6H2,1-2H3,(H,11,12). The molecular weight excluding hydrogens is 197 g/mol. The lowest BCUT2D eigenvalue weighted by Crippen LogP contribution is -2.38. The molecule has 4 heteroatoms. The number of amides is 1. The molecule has 12 heavy (non-hydrogen) atoms. The van der Waals surface area contributed by atoms with Gasteiger partial charge in [0.05, 0.1) is 0 Å². The normalized spacial score (nSPS) is 11.3.